The van der Waals surface area contributed by atoms with Crippen LogP contribution in [0.25, 0.3) is 4.85 Å². The van der Waals surface area contributed by atoms with E-state index in [1.54, 1.807) is 4.90 Å². The molecule has 4 heterocycles. The molecule has 0 radical (unpaired) electrons. The lowest BCUT2D eigenvalue weighted by atomic mass is 9.75. The van der Waals surface area contributed by atoms with E-state index in [2.05, 4.69) is 52.5 Å². The molecule has 0 saturated carbocycles. The minimum Gasteiger partial charge on any atom is -0.466 e. The Bertz CT molecular complexity index is 1340. The fourth-order valence-electron chi connectivity index (χ4n) is 7.22. The number of rotatable bonds is 7. The molecule has 4 aliphatic rings. The lowest BCUT2D eigenvalue weighted by Gasteiger charge is -2.44. The van der Waals surface area contributed by atoms with Crippen molar-refractivity contribution in [2.45, 2.75) is 69.1 Å². The fraction of sp³-hybridized carbons (Fsp3) is 0.562. The molecule has 1 unspecified atom stereocenters. The lowest BCUT2D eigenvalue weighted by Crippen LogP contribution is -2.56. The average Bonchev–Trinajstić information content (AvgIpc) is 3.41. The van der Waals surface area contributed by atoms with Crippen molar-refractivity contribution >= 4 is 11.7 Å². The first-order chi connectivity index (χ1) is 20.0. The summed E-state index contributed by atoms with van der Waals surface area (Å²) >= 11 is 0. The SMILES string of the molecule is [C-]#[N+]C[C@H]1CN(c2nc(OCC[C@@H]3CCCN3C)nc3c2CCC2(CCCc4ccccc42)O3)CCN1C(=O)C=C. The number of ether oxygens (including phenoxy) is 2. The first kappa shape index (κ1) is 27.5. The summed E-state index contributed by atoms with van der Waals surface area (Å²) in [4.78, 5) is 32.3. The standard InChI is InChI=1S/C32H40N6O3/c1-4-28(39)38-19-18-37(22-25(38)21-33-2)29-26-13-16-32(15-7-10-23-9-5-6-12-27(23)32)41-30(26)35-31(34-29)40-20-14-24-11-8-17-36(24)3/h4-6,9,12,24-25H,1,7-8,10-11,13-22H2,3H3/t24-,25-,32?/m0/s1. The second kappa shape index (κ2) is 11.7. The molecule has 1 aromatic heterocycles. The van der Waals surface area contributed by atoms with Gasteiger partial charge in [-0.3, -0.25) is 4.79 Å². The first-order valence-corrected chi connectivity index (χ1v) is 15.0. The third kappa shape index (κ3) is 5.38. The van der Waals surface area contributed by atoms with Crippen molar-refractivity contribution in [1.82, 2.24) is 19.8 Å². The Morgan fingerprint density at radius 2 is 2.07 bits per heavy atom. The number of piperazine rings is 1. The maximum Gasteiger partial charge on any atom is 0.321 e. The summed E-state index contributed by atoms with van der Waals surface area (Å²) in [6.45, 7) is 14.7. The van der Waals surface area contributed by atoms with Gasteiger partial charge in [0, 0.05) is 25.7 Å². The molecule has 1 aliphatic carbocycles. The Kier molecular flexibility index (Phi) is 7.85. The molecule has 216 valence electrons. The zero-order valence-electron chi connectivity index (χ0n) is 24.1. The minimum atomic E-state index is -0.390. The van der Waals surface area contributed by atoms with Crippen molar-refractivity contribution in [3.8, 4) is 11.9 Å². The van der Waals surface area contributed by atoms with Gasteiger partial charge in [-0.05, 0) is 82.2 Å². The minimum absolute atomic E-state index is 0.134. The van der Waals surface area contributed by atoms with Gasteiger partial charge in [-0.25, -0.2) is 6.57 Å². The number of likely N-dealkylation sites (tertiary alicyclic amines) is 1. The van der Waals surface area contributed by atoms with Gasteiger partial charge in [0.2, 0.25) is 18.3 Å². The topological polar surface area (TPSA) is 75.4 Å². The van der Waals surface area contributed by atoms with E-state index in [4.69, 9.17) is 26.0 Å². The summed E-state index contributed by atoms with van der Waals surface area (Å²) in [6, 6.07) is 9.27. The van der Waals surface area contributed by atoms with Gasteiger partial charge >= 0.3 is 6.01 Å². The molecule has 3 aliphatic heterocycles. The Balaban J connectivity index is 1.31. The van der Waals surface area contributed by atoms with E-state index in [9.17, 15) is 4.79 Å². The highest BCUT2D eigenvalue weighted by molar-refractivity contribution is 5.87. The van der Waals surface area contributed by atoms with Crippen LogP contribution in [-0.2, 0) is 23.2 Å². The van der Waals surface area contributed by atoms with E-state index < -0.39 is 0 Å². The number of anilines is 1. The van der Waals surface area contributed by atoms with Crippen LogP contribution in [0, 0.1) is 6.57 Å². The summed E-state index contributed by atoms with van der Waals surface area (Å²) in [7, 11) is 2.18. The van der Waals surface area contributed by atoms with Crippen molar-refractivity contribution in [3.63, 3.8) is 0 Å². The molecular weight excluding hydrogens is 516 g/mol. The van der Waals surface area contributed by atoms with Gasteiger partial charge in [0.25, 0.3) is 0 Å². The van der Waals surface area contributed by atoms with Crippen molar-refractivity contribution < 1.29 is 14.3 Å². The zero-order chi connectivity index (χ0) is 28.4. The molecule has 1 spiro atoms. The van der Waals surface area contributed by atoms with Crippen LogP contribution in [0.15, 0.2) is 36.9 Å². The van der Waals surface area contributed by atoms with Crippen LogP contribution < -0.4 is 14.4 Å². The van der Waals surface area contributed by atoms with Gasteiger partial charge in [0.05, 0.1) is 12.2 Å². The van der Waals surface area contributed by atoms with Crippen LogP contribution in [0.5, 0.6) is 11.9 Å². The van der Waals surface area contributed by atoms with Gasteiger partial charge < -0.3 is 29.0 Å². The maximum absolute atomic E-state index is 12.5. The number of aryl methyl sites for hydroxylation is 1. The number of nitrogens with zero attached hydrogens (tertiary/aromatic N) is 6. The van der Waals surface area contributed by atoms with Crippen LogP contribution in [0.2, 0.25) is 0 Å². The lowest BCUT2D eigenvalue weighted by molar-refractivity contribution is -0.128. The number of carbonyl (C=O) groups is 1. The van der Waals surface area contributed by atoms with Gasteiger partial charge in [-0.1, -0.05) is 30.8 Å². The number of benzene rings is 1. The quantitative estimate of drug-likeness (QED) is 0.377. The fourth-order valence-corrected chi connectivity index (χ4v) is 7.22. The average molecular weight is 557 g/mol. The van der Waals surface area contributed by atoms with Crippen LogP contribution >= 0.6 is 0 Å². The molecular formula is C32H40N6O3. The summed E-state index contributed by atoms with van der Waals surface area (Å²) in [5, 5.41) is 0. The number of aromatic nitrogens is 2. The second-order valence-electron chi connectivity index (χ2n) is 11.8. The highest BCUT2D eigenvalue weighted by atomic mass is 16.5. The molecule has 41 heavy (non-hydrogen) atoms. The number of hydrogen-bond donors (Lipinski definition) is 0. The number of amides is 1. The number of fused-ring (bicyclic) bond motifs is 3. The third-order valence-electron chi connectivity index (χ3n) is 9.43. The van der Waals surface area contributed by atoms with Gasteiger partial charge in [0.15, 0.2) is 0 Å². The molecule has 3 atom stereocenters. The highest BCUT2D eigenvalue weighted by Crippen LogP contribution is 2.48. The molecule has 1 amide bonds. The Morgan fingerprint density at radius 3 is 2.88 bits per heavy atom. The van der Waals surface area contributed by atoms with E-state index in [0.717, 1.165) is 56.5 Å². The maximum atomic E-state index is 12.5. The first-order valence-electron chi connectivity index (χ1n) is 15.0. The van der Waals surface area contributed by atoms with Crippen molar-refractivity contribution in [3.05, 3.63) is 65.0 Å². The van der Waals surface area contributed by atoms with Crippen LogP contribution in [0.1, 0.15) is 55.2 Å². The molecule has 2 aromatic rings. The van der Waals surface area contributed by atoms with E-state index in [0.29, 0.717) is 44.2 Å². The summed E-state index contributed by atoms with van der Waals surface area (Å²) in [5.41, 5.74) is 3.24. The molecule has 6 rings (SSSR count). The Labute approximate surface area is 243 Å². The predicted molar refractivity (Wildman–Crippen MR) is 157 cm³/mol. The van der Waals surface area contributed by atoms with Crippen LogP contribution in [0.4, 0.5) is 5.82 Å². The van der Waals surface area contributed by atoms with E-state index in [1.165, 1.54) is 30.0 Å². The monoisotopic (exact) mass is 556 g/mol. The third-order valence-corrected chi connectivity index (χ3v) is 9.43. The molecule has 2 fully saturated rings. The van der Waals surface area contributed by atoms with Gasteiger partial charge in [-0.15, -0.1) is 0 Å². The van der Waals surface area contributed by atoms with Gasteiger partial charge in [-0.2, -0.15) is 9.97 Å². The second-order valence-corrected chi connectivity index (χ2v) is 11.8. The number of hydrogen-bond acceptors (Lipinski definition) is 7. The molecule has 9 heteroatoms. The van der Waals surface area contributed by atoms with Crippen LogP contribution in [0.3, 0.4) is 0 Å². The summed E-state index contributed by atoms with van der Waals surface area (Å²) < 4.78 is 13.1. The van der Waals surface area contributed by atoms with Crippen LogP contribution in [-0.4, -0.2) is 84.1 Å². The Hall–Kier alpha value is -3.64. The van der Waals surface area contributed by atoms with Crippen molar-refractivity contribution in [2.24, 2.45) is 0 Å². The predicted octanol–water partition coefficient (Wildman–Crippen LogP) is 4.02. The zero-order valence-corrected chi connectivity index (χ0v) is 24.1. The molecule has 0 bridgehead atoms. The van der Waals surface area contributed by atoms with E-state index in [1.807, 2.05) is 0 Å². The highest BCUT2D eigenvalue weighted by Gasteiger charge is 2.44. The van der Waals surface area contributed by atoms with Crippen molar-refractivity contribution in [1.29, 1.82) is 0 Å². The van der Waals surface area contributed by atoms with Gasteiger partial charge in [0.1, 0.15) is 17.5 Å². The molecule has 2 saturated heterocycles. The van der Waals surface area contributed by atoms with Crippen molar-refractivity contribution in [2.75, 3.05) is 51.3 Å². The summed E-state index contributed by atoms with van der Waals surface area (Å²) in [6.07, 6.45) is 9.46. The summed E-state index contributed by atoms with van der Waals surface area (Å²) in [5.74, 6) is 1.28. The molecule has 9 nitrogen and oxygen atoms in total. The van der Waals surface area contributed by atoms with E-state index in [-0.39, 0.29) is 24.1 Å². The Morgan fingerprint density at radius 1 is 1.20 bits per heavy atom. The normalized spacial score (nSPS) is 25.7. The largest absolute Gasteiger partial charge is 0.466 e. The molecule has 1 aromatic carbocycles. The number of carbonyl (C=O) groups excluding carboxylic acids is 1. The smallest absolute Gasteiger partial charge is 0.321 e. The molecule has 0 N–H and O–H groups in total. The van der Waals surface area contributed by atoms with E-state index >= 15 is 0 Å².